The third-order valence-corrected chi connectivity index (χ3v) is 4.10. The molecule has 0 aliphatic heterocycles. The highest BCUT2D eigenvalue weighted by molar-refractivity contribution is 5.85. The first-order valence-electron chi connectivity index (χ1n) is 8.11. The van der Waals surface area contributed by atoms with Gasteiger partial charge in [-0.15, -0.1) is 12.4 Å². The number of pyridine rings is 1. The van der Waals surface area contributed by atoms with Crippen LogP contribution in [0.5, 0.6) is 0 Å². The summed E-state index contributed by atoms with van der Waals surface area (Å²) in [7, 11) is 0. The Balaban J connectivity index is 0.00000261. The van der Waals surface area contributed by atoms with Gasteiger partial charge in [-0.3, -0.25) is 15.5 Å². The number of hydrazone groups is 1. The second-order valence-corrected chi connectivity index (χ2v) is 6.03. The molecular weight excluding hydrogens is 366 g/mol. The quantitative estimate of drug-likeness (QED) is 0.396. The molecule has 0 saturated heterocycles. The number of aromatic nitrogens is 2. The molecule has 0 amide bonds. The predicted octanol–water partition coefficient (Wildman–Crippen LogP) is 4.57. The van der Waals surface area contributed by atoms with Crippen LogP contribution in [0.15, 0.2) is 53.8 Å². The van der Waals surface area contributed by atoms with Crippen LogP contribution in [0.3, 0.4) is 0 Å². The van der Waals surface area contributed by atoms with E-state index in [0.717, 1.165) is 22.6 Å². The number of nitro groups is 1. The molecule has 2 aromatic heterocycles. The monoisotopic (exact) mass is 385 g/mol. The Morgan fingerprint density at radius 1 is 1.15 bits per heavy atom. The number of aryl methyl sites for hydroxylation is 2. The summed E-state index contributed by atoms with van der Waals surface area (Å²) in [6.45, 7) is 6.16. The maximum Gasteiger partial charge on any atom is 0.287 e. The molecule has 7 nitrogen and oxygen atoms in total. The van der Waals surface area contributed by atoms with Crippen LogP contribution in [0.4, 0.5) is 11.5 Å². The van der Waals surface area contributed by atoms with Crippen LogP contribution >= 0.6 is 12.4 Å². The minimum absolute atomic E-state index is 0. The highest BCUT2D eigenvalue weighted by Crippen LogP contribution is 2.20. The smallest absolute Gasteiger partial charge is 0.287 e. The number of nitrogens with one attached hydrogen (secondary N) is 1. The third-order valence-electron chi connectivity index (χ3n) is 4.10. The second-order valence-electron chi connectivity index (χ2n) is 6.03. The summed E-state index contributed by atoms with van der Waals surface area (Å²) in [5, 5.41) is 14.8. The zero-order valence-electron chi connectivity index (χ0n) is 15.2. The van der Waals surface area contributed by atoms with Crippen LogP contribution in [0.1, 0.15) is 22.5 Å². The molecule has 0 spiro atoms. The summed E-state index contributed by atoms with van der Waals surface area (Å²) in [5.74, 6) is 0.444. The fraction of sp³-hybridized carbons (Fsp3) is 0.158. The predicted molar refractivity (Wildman–Crippen MR) is 109 cm³/mol. The molecule has 0 aliphatic rings. The Labute approximate surface area is 163 Å². The van der Waals surface area contributed by atoms with E-state index in [0.29, 0.717) is 5.82 Å². The van der Waals surface area contributed by atoms with Gasteiger partial charge in [-0.1, -0.05) is 17.7 Å². The van der Waals surface area contributed by atoms with Crippen molar-refractivity contribution >= 4 is 30.1 Å². The van der Waals surface area contributed by atoms with E-state index in [9.17, 15) is 10.1 Å². The van der Waals surface area contributed by atoms with Crippen molar-refractivity contribution < 1.29 is 4.92 Å². The van der Waals surface area contributed by atoms with Crippen LogP contribution < -0.4 is 5.43 Å². The molecule has 0 fully saturated rings. The molecule has 27 heavy (non-hydrogen) atoms. The van der Waals surface area contributed by atoms with Gasteiger partial charge in [0.15, 0.2) is 0 Å². The second kappa shape index (κ2) is 8.46. The van der Waals surface area contributed by atoms with E-state index < -0.39 is 4.92 Å². The Kier molecular flexibility index (Phi) is 6.31. The van der Waals surface area contributed by atoms with Gasteiger partial charge in [0.05, 0.1) is 11.1 Å². The molecular formula is C19H20ClN5O2. The van der Waals surface area contributed by atoms with E-state index >= 15 is 0 Å². The average Bonchev–Trinajstić information content (AvgIpc) is 2.90. The van der Waals surface area contributed by atoms with Crippen molar-refractivity contribution in [3.63, 3.8) is 0 Å². The van der Waals surface area contributed by atoms with Gasteiger partial charge < -0.3 is 4.57 Å². The first kappa shape index (κ1) is 20.1. The molecule has 1 N–H and O–H groups in total. The van der Waals surface area contributed by atoms with Gasteiger partial charge in [0.1, 0.15) is 12.0 Å². The minimum Gasteiger partial charge on any atom is -0.318 e. The minimum atomic E-state index is -0.486. The van der Waals surface area contributed by atoms with Crippen molar-refractivity contribution in [2.75, 3.05) is 5.43 Å². The van der Waals surface area contributed by atoms with Crippen molar-refractivity contribution in [1.29, 1.82) is 0 Å². The van der Waals surface area contributed by atoms with Gasteiger partial charge in [0.25, 0.3) is 5.69 Å². The zero-order chi connectivity index (χ0) is 18.7. The molecule has 0 bridgehead atoms. The topological polar surface area (TPSA) is 85.3 Å². The summed E-state index contributed by atoms with van der Waals surface area (Å²) in [6.07, 6.45) is 2.91. The van der Waals surface area contributed by atoms with Crippen molar-refractivity contribution in [3.8, 4) is 5.69 Å². The van der Waals surface area contributed by atoms with Gasteiger partial charge in [-0.25, -0.2) is 4.98 Å². The van der Waals surface area contributed by atoms with Gasteiger partial charge in [0, 0.05) is 28.7 Å². The van der Waals surface area contributed by atoms with E-state index in [4.69, 9.17) is 0 Å². The average molecular weight is 386 g/mol. The molecule has 3 aromatic rings. The summed E-state index contributed by atoms with van der Waals surface area (Å²) < 4.78 is 2.17. The Bertz CT molecular complexity index is 963. The number of rotatable bonds is 5. The van der Waals surface area contributed by atoms with Crippen molar-refractivity contribution in [1.82, 2.24) is 9.55 Å². The standard InChI is InChI=1S/C19H19N5O2.ClH/c1-13-4-6-17(7-5-13)23-14(2)10-16(15(23)3)11-21-22-19-9-8-18(12-20-19)24(25)26;/h4-12H,1-3H3,(H,20,22);1H. The molecule has 0 atom stereocenters. The summed E-state index contributed by atoms with van der Waals surface area (Å²) >= 11 is 0. The van der Waals surface area contributed by atoms with Crippen LogP contribution in [-0.2, 0) is 0 Å². The number of benzene rings is 1. The molecule has 3 rings (SSSR count). The fourth-order valence-electron chi connectivity index (χ4n) is 2.74. The summed E-state index contributed by atoms with van der Waals surface area (Å²) in [6, 6.07) is 13.3. The van der Waals surface area contributed by atoms with Crippen molar-refractivity contribution in [3.05, 3.63) is 81.3 Å². The highest BCUT2D eigenvalue weighted by atomic mass is 35.5. The molecule has 2 heterocycles. The van der Waals surface area contributed by atoms with E-state index in [1.807, 2.05) is 6.92 Å². The normalized spacial score (nSPS) is 10.6. The molecule has 0 unspecified atom stereocenters. The third kappa shape index (κ3) is 4.51. The van der Waals surface area contributed by atoms with E-state index in [-0.39, 0.29) is 18.1 Å². The van der Waals surface area contributed by atoms with Crippen LogP contribution in [-0.4, -0.2) is 20.7 Å². The lowest BCUT2D eigenvalue weighted by molar-refractivity contribution is -0.385. The molecule has 8 heteroatoms. The van der Waals surface area contributed by atoms with Gasteiger partial charge in [0.2, 0.25) is 0 Å². The maximum atomic E-state index is 10.6. The molecule has 0 saturated carbocycles. The van der Waals surface area contributed by atoms with Gasteiger partial charge >= 0.3 is 0 Å². The molecule has 1 aromatic carbocycles. The van der Waals surface area contributed by atoms with Gasteiger partial charge in [-0.05, 0) is 45.0 Å². The van der Waals surface area contributed by atoms with E-state index in [1.165, 1.54) is 23.9 Å². The molecule has 0 radical (unpaired) electrons. The van der Waals surface area contributed by atoms with Crippen LogP contribution in [0.25, 0.3) is 5.69 Å². The van der Waals surface area contributed by atoms with Crippen LogP contribution in [0.2, 0.25) is 0 Å². The van der Waals surface area contributed by atoms with Crippen molar-refractivity contribution in [2.24, 2.45) is 5.10 Å². The number of halogens is 1. The van der Waals surface area contributed by atoms with Gasteiger partial charge in [-0.2, -0.15) is 5.10 Å². The number of nitrogens with zero attached hydrogens (tertiary/aromatic N) is 4. The van der Waals surface area contributed by atoms with Crippen LogP contribution in [0, 0.1) is 30.9 Å². The Morgan fingerprint density at radius 3 is 2.44 bits per heavy atom. The molecule has 0 aliphatic carbocycles. The van der Waals surface area contributed by atoms with Crippen molar-refractivity contribution in [2.45, 2.75) is 20.8 Å². The fourth-order valence-corrected chi connectivity index (χ4v) is 2.74. The lowest BCUT2D eigenvalue weighted by atomic mass is 10.2. The van der Waals surface area contributed by atoms with E-state index in [2.05, 4.69) is 64.3 Å². The first-order valence-corrected chi connectivity index (χ1v) is 8.11. The van der Waals surface area contributed by atoms with E-state index in [1.54, 1.807) is 6.21 Å². The lowest BCUT2D eigenvalue weighted by Crippen LogP contribution is -2.00. The zero-order valence-corrected chi connectivity index (χ0v) is 16.0. The highest BCUT2D eigenvalue weighted by Gasteiger charge is 2.09. The number of hydrogen-bond acceptors (Lipinski definition) is 5. The lowest BCUT2D eigenvalue weighted by Gasteiger charge is -2.09. The SMILES string of the molecule is Cc1ccc(-n2c(C)cc(C=NNc3ccc([N+](=O)[O-])cn3)c2C)cc1.Cl. The summed E-state index contributed by atoms with van der Waals surface area (Å²) in [5.41, 5.74) is 8.23. The number of hydrogen-bond donors (Lipinski definition) is 1. The maximum absolute atomic E-state index is 10.6. The summed E-state index contributed by atoms with van der Waals surface area (Å²) in [4.78, 5) is 14.1. The molecule has 140 valence electrons. The Hall–Kier alpha value is -3.19. The Morgan fingerprint density at radius 2 is 1.85 bits per heavy atom. The largest absolute Gasteiger partial charge is 0.318 e. The first-order chi connectivity index (χ1) is 12.5. The number of anilines is 1.